The van der Waals surface area contributed by atoms with Crippen LogP contribution in [0.3, 0.4) is 0 Å². The molecule has 0 atom stereocenters. The standard InChI is InChI=1S/C14H18BrN3S/c1-10(2)16-9-3-4-13-17-18-14(19-13)11-5-7-12(15)8-6-11/h5-8,10,16H,3-4,9H2,1-2H3. The van der Waals surface area contributed by atoms with Gasteiger partial charge in [0.2, 0.25) is 0 Å². The Hall–Kier alpha value is -0.780. The van der Waals surface area contributed by atoms with Crippen molar-refractivity contribution in [1.29, 1.82) is 0 Å². The van der Waals surface area contributed by atoms with Crippen molar-refractivity contribution in [1.82, 2.24) is 15.5 Å². The van der Waals surface area contributed by atoms with Crippen LogP contribution in [-0.4, -0.2) is 22.8 Å². The monoisotopic (exact) mass is 339 g/mol. The van der Waals surface area contributed by atoms with Crippen molar-refractivity contribution in [2.24, 2.45) is 0 Å². The van der Waals surface area contributed by atoms with E-state index in [1.165, 1.54) is 0 Å². The Morgan fingerprint density at radius 2 is 1.95 bits per heavy atom. The Bertz CT molecular complexity index is 508. The molecule has 0 bridgehead atoms. The van der Waals surface area contributed by atoms with Gasteiger partial charge in [-0.2, -0.15) is 0 Å². The highest BCUT2D eigenvalue weighted by Crippen LogP contribution is 2.25. The Kier molecular flexibility index (Phi) is 5.48. The molecule has 0 aliphatic carbocycles. The number of nitrogens with one attached hydrogen (secondary N) is 1. The maximum atomic E-state index is 4.26. The molecule has 2 aromatic rings. The normalized spacial score (nSPS) is 11.2. The zero-order valence-corrected chi connectivity index (χ0v) is 13.6. The lowest BCUT2D eigenvalue weighted by Gasteiger charge is -2.05. The number of hydrogen-bond donors (Lipinski definition) is 1. The minimum atomic E-state index is 0.549. The number of benzene rings is 1. The summed E-state index contributed by atoms with van der Waals surface area (Å²) in [6, 6.07) is 8.74. The second-order valence-electron chi connectivity index (χ2n) is 4.72. The lowest BCUT2D eigenvalue weighted by atomic mass is 10.2. The molecule has 2 rings (SSSR count). The Morgan fingerprint density at radius 3 is 2.63 bits per heavy atom. The summed E-state index contributed by atoms with van der Waals surface area (Å²) >= 11 is 5.12. The van der Waals surface area contributed by atoms with E-state index in [0.717, 1.165) is 39.4 Å². The van der Waals surface area contributed by atoms with E-state index >= 15 is 0 Å². The second-order valence-corrected chi connectivity index (χ2v) is 6.70. The zero-order chi connectivity index (χ0) is 13.7. The van der Waals surface area contributed by atoms with Gasteiger partial charge in [0.25, 0.3) is 0 Å². The molecule has 1 aromatic heterocycles. The van der Waals surface area contributed by atoms with Gasteiger partial charge in [-0.1, -0.05) is 53.2 Å². The minimum absolute atomic E-state index is 0.549. The van der Waals surface area contributed by atoms with Crippen molar-refractivity contribution >= 4 is 27.3 Å². The van der Waals surface area contributed by atoms with E-state index in [1.54, 1.807) is 11.3 Å². The molecule has 0 saturated heterocycles. The SMILES string of the molecule is CC(C)NCCCc1nnc(-c2ccc(Br)cc2)s1. The number of hydrogen-bond acceptors (Lipinski definition) is 4. The summed E-state index contributed by atoms with van der Waals surface area (Å²) in [5.74, 6) is 0. The van der Waals surface area contributed by atoms with Gasteiger partial charge in [-0.3, -0.25) is 0 Å². The molecule has 1 N–H and O–H groups in total. The number of aromatic nitrogens is 2. The van der Waals surface area contributed by atoms with Crippen LogP contribution >= 0.6 is 27.3 Å². The summed E-state index contributed by atoms with van der Waals surface area (Å²) in [5.41, 5.74) is 1.13. The quantitative estimate of drug-likeness (QED) is 0.811. The van der Waals surface area contributed by atoms with Gasteiger partial charge in [0.1, 0.15) is 10.0 Å². The predicted octanol–water partition coefficient (Wildman–Crippen LogP) is 3.90. The van der Waals surface area contributed by atoms with E-state index in [0.29, 0.717) is 6.04 Å². The van der Waals surface area contributed by atoms with Crippen LogP contribution in [0.4, 0.5) is 0 Å². The number of halogens is 1. The average molecular weight is 340 g/mol. The topological polar surface area (TPSA) is 37.8 Å². The molecule has 0 aliphatic rings. The fraction of sp³-hybridized carbons (Fsp3) is 0.429. The van der Waals surface area contributed by atoms with Crippen LogP contribution < -0.4 is 5.32 Å². The molecular formula is C14H18BrN3S. The van der Waals surface area contributed by atoms with Crippen molar-refractivity contribution in [3.05, 3.63) is 33.7 Å². The van der Waals surface area contributed by atoms with Gasteiger partial charge in [0, 0.05) is 22.5 Å². The van der Waals surface area contributed by atoms with E-state index in [1.807, 2.05) is 12.1 Å². The first-order valence-corrected chi connectivity index (χ1v) is 8.08. The molecule has 1 heterocycles. The summed E-state index contributed by atoms with van der Waals surface area (Å²) < 4.78 is 1.08. The molecule has 0 fully saturated rings. The first kappa shape index (κ1) is 14.6. The van der Waals surface area contributed by atoms with Gasteiger partial charge in [0.05, 0.1) is 0 Å². The molecule has 19 heavy (non-hydrogen) atoms. The molecule has 5 heteroatoms. The second kappa shape index (κ2) is 7.12. The molecule has 0 saturated carbocycles. The van der Waals surface area contributed by atoms with Crippen molar-refractivity contribution < 1.29 is 0 Å². The minimum Gasteiger partial charge on any atom is -0.315 e. The largest absolute Gasteiger partial charge is 0.315 e. The third-order valence-corrected chi connectivity index (χ3v) is 4.24. The fourth-order valence-corrected chi connectivity index (χ4v) is 2.85. The van der Waals surface area contributed by atoms with Crippen molar-refractivity contribution in [3.8, 4) is 10.6 Å². The Morgan fingerprint density at radius 1 is 1.21 bits per heavy atom. The highest BCUT2D eigenvalue weighted by Gasteiger charge is 2.06. The summed E-state index contributed by atoms with van der Waals surface area (Å²) in [5, 5.41) is 14.0. The van der Waals surface area contributed by atoms with Gasteiger partial charge >= 0.3 is 0 Å². The summed E-state index contributed by atoms with van der Waals surface area (Å²) in [6.45, 7) is 5.36. The molecule has 0 aliphatic heterocycles. The summed E-state index contributed by atoms with van der Waals surface area (Å²) in [4.78, 5) is 0. The molecule has 0 unspecified atom stereocenters. The van der Waals surface area contributed by atoms with E-state index in [2.05, 4.69) is 57.4 Å². The third kappa shape index (κ3) is 4.67. The Labute approximate surface area is 126 Å². The van der Waals surface area contributed by atoms with Crippen LogP contribution in [0, 0.1) is 0 Å². The van der Waals surface area contributed by atoms with E-state index in [9.17, 15) is 0 Å². The van der Waals surface area contributed by atoms with E-state index < -0.39 is 0 Å². The molecule has 0 radical (unpaired) electrons. The molecule has 102 valence electrons. The lowest BCUT2D eigenvalue weighted by molar-refractivity contribution is 0.569. The van der Waals surface area contributed by atoms with Crippen molar-refractivity contribution in [2.45, 2.75) is 32.7 Å². The lowest BCUT2D eigenvalue weighted by Crippen LogP contribution is -2.23. The fourth-order valence-electron chi connectivity index (χ4n) is 1.69. The molecule has 3 nitrogen and oxygen atoms in total. The summed E-state index contributed by atoms with van der Waals surface area (Å²) in [7, 11) is 0. The van der Waals surface area contributed by atoms with Gasteiger partial charge in [-0.05, 0) is 25.1 Å². The van der Waals surface area contributed by atoms with Gasteiger partial charge in [-0.25, -0.2) is 0 Å². The van der Waals surface area contributed by atoms with Crippen LogP contribution in [0.1, 0.15) is 25.3 Å². The van der Waals surface area contributed by atoms with Crippen LogP contribution in [0.15, 0.2) is 28.7 Å². The zero-order valence-electron chi connectivity index (χ0n) is 11.2. The van der Waals surface area contributed by atoms with E-state index in [4.69, 9.17) is 0 Å². The van der Waals surface area contributed by atoms with Crippen LogP contribution in [0.25, 0.3) is 10.6 Å². The van der Waals surface area contributed by atoms with Gasteiger partial charge in [-0.15, -0.1) is 10.2 Å². The van der Waals surface area contributed by atoms with E-state index in [-0.39, 0.29) is 0 Å². The first-order valence-electron chi connectivity index (χ1n) is 6.47. The summed E-state index contributed by atoms with van der Waals surface area (Å²) in [6.07, 6.45) is 2.10. The molecule has 1 aromatic carbocycles. The van der Waals surface area contributed by atoms with Crippen LogP contribution in [-0.2, 0) is 6.42 Å². The van der Waals surface area contributed by atoms with Crippen LogP contribution in [0.2, 0.25) is 0 Å². The maximum absolute atomic E-state index is 4.26. The molecule has 0 amide bonds. The third-order valence-electron chi connectivity index (χ3n) is 2.68. The van der Waals surface area contributed by atoms with Gasteiger partial charge in [0.15, 0.2) is 0 Å². The predicted molar refractivity (Wildman–Crippen MR) is 84.5 cm³/mol. The van der Waals surface area contributed by atoms with Crippen molar-refractivity contribution in [3.63, 3.8) is 0 Å². The number of rotatable bonds is 6. The van der Waals surface area contributed by atoms with Gasteiger partial charge < -0.3 is 5.32 Å². The first-order chi connectivity index (χ1) is 9.15. The average Bonchev–Trinajstić information content (AvgIpc) is 2.84. The van der Waals surface area contributed by atoms with Crippen LogP contribution in [0.5, 0.6) is 0 Å². The maximum Gasteiger partial charge on any atom is 0.147 e. The number of aryl methyl sites for hydroxylation is 1. The molecular weight excluding hydrogens is 322 g/mol. The highest BCUT2D eigenvalue weighted by atomic mass is 79.9. The molecule has 0 spiro atoms. The van der Waals surface area contributed by atoms with Crippen molar-refractivity contribution in [2.75, 3.05) is 6.54 Å². The Balaban J connectivity index is 1.90. The number of nitrogens with zero attached hydrogens (tertiary/aromatic N) is 2. The smallest absolute Gasteiger partial charge is 0.147 e. The highest BCUT2D eigenvalue weighted by molar-refractivity contribution is 9.10.